The van der Waals surface area contributed by atoms with Crippen LogP contribution in [0.2, 0.25) is 0 Å². The number of hydrogen-bond acceptors (Lipinski definition) is 3. The van der Waals surface area contributed by atoms with E-state index in [1.807, 2.05) is 42.7 Å². The fraction of sp³-hybridized carbons (Fsp3) is 0. The molecule has 0 radical (unpaired) electrons. The van der Waals surface area contributed by atoms with Gasteiger partial charge in [-0.25, -0.2) is 4.98 Å². The lowest BCUT2D eigenvalue weighted by Crippen LogP contribution is -1.99. The average molecular weight is 653 g/mol. The first-order valence-electron chi connectivity index (χ1n) is 17.1. The molecule has 0 N–H and O–H groups in total. The van der Waals surface area contributed by atoms with Crippen molar-refractivity contribution in [2.24, 2.45) is 0 Å². The first-order chi connectivity index (χ1) is 25.3. The molecular weight excluding hydrogens is 625 g/mol. The van der Waals surface area contributed by atoms with E-state index >= 15 is 0 Å². The van der Waals surface area contributed by atoms with Gasteiger partial charge in [-0.1, -0.05) is 78.9 Å². The topological polar surface area (TPSA) is 53.5 Å². The SMILES string of the molecule is c1ccc(-n2c3cccnc3c3c2ccc2c4ccc5c(c6ccccc6n5-c5cccc(-c6ccccn6)n5)c4n(-c4ccccc4)c23)cc1. The van der Waals surface area contributed by atoms with Crippen molar-refractivity contribution in [1.29, 1.82) is 0 Å². The summed E-state index contributed by atoms with van der Waals surface area (Å²) in [5, 5.41) is 5.87. The van der Waals surface area contributed by atoms with Crippen molar-refractivity contribution < 1.29 is 0 Å². The molecule has 0 bridgehead atoms. The van der Waals surface area contributed by atoms with Gasteiger partial charge in [0.25, 0.3) is 0 Å². The zero-order valence-electron chi connectivity index (χ0n) is 27.3. The summed E-state index contributed by atoms with van der Waals surface area (Å²) >= 11 is 0. The third-order valence-corrected chi connectivity index (χ3v) is 10.1. The molecule has 0 aliphatic carbocycles. The van der Waals surface area contributed by atoms with Gasteiger partial charge in [0, 0.05) is 45.3 Å². The van der Waals surface area contributed by atoms with E-state index in [2.05, 4.69) is 146 Å². The van der Waals surface area contributed by atoms with Crippen LogP contribution in [0.5, 0.6) is 0 Å². The normalized spacial score (nSPS) is 11.9. The molecule has 6 aromatic heterocycles. The summed E-state index contributed by atoms with van der Waals surface area (Å²) < 4.78 is 7.10. The Kier molecular flexibility index (Phi) is 5.86. The molecule has 0 unspecified atom stereocenters. The molecule has 0 saturated heterocycles. The third-order valence-electron chi connectivity index (χ3n) is 10.1. The minimum absolute atomic E-state index is 0.836. The predicted molar refractivity (Wildman–Crippen MR) is 208 cm³/mol. The Balaban J connectivity index is 1.33. The van der Waals surface area contributed by atoms with E-state index in [4.69, 9.17) is 9.97 Å². The van der Waals surface area contributed by atoms with Crippen molar-refractivity contribution in [1.82, 2.24) is 28.7 Å². The van der Waals surface area contributed by atoms with E-state index in [0.29, 0.717) is 0 Å². The summed E-state index contributed by atoms with van der Waals surface area (Å²) in [6.07, 6.45) is 3.72. The Morgan fingerprint density at radius 3 is 1.75 bits per heavy atom. The van der Waals surface area contributed by atoms with Crippen LogP contribution < -0.4 is 0 Å². The first-order valence-corrected chi connectivity index (χ1v) is 17.1. The van der Waals surface area contributed by atoms with Gasteiger partial charge in [-0.15, -0.1) is 0 Å². The van der Waals surface area contributed by atoms with Gasteiger partial charge in [-0.05, 0) is 78.9 Å². The highest BCUT2D eigenvalue weighted by molar-refractivity contribution is 6.31. The Hall–Kier alpha value is -7.05. The molecule has 6 nitrogen and oxygen atoms in total. The Labute approximate surface area is 292 Å². The van der Waals surface area contributed by atoms with E-state index in [-0.39, 0.29) is 0 Å². The van der Waals surface area contributed by atoms with Gasteiger partial charge < -0.3 is 9.13 Å². The van der Waals surface area contributed by atoms with Crippen molar-refractivity contribution in [3.05, 3.63) is 170 Å². The summed E-state index contributed by atoms with van der Waals surface area (Å²) in [6, 6.07) is 55.4. The zero-order valence-corrected chi connectivity index (χ0v) is 27.3. The van der Waals surface area contributed by atoms with E-state index in [9.17, 15) is 0 Å². The number of fused-ring (bicyclic) bond motifs is 11. The van der Waals surface area contributed by atoms with Gasteiger partial charge in [-0.2, -0.15) is 0 Å². The average Bonchev–Trinajstić information content (AvgIpc) is 3.84. The van der Waals surface area contributed by atoms with Gasteiger partial charge in [0.05, 0.1) is 55.4 Å². The van der Waals surface area contributed by atoms with Crippen LogP contribution in [0.15, 0.2) is 170 Å². The molecule has 0 saturated carbocycles. The fourth-order valence-corrected chi connectivity index (χ4v) is 8.10. The molecule has 0 atom stereocenters. The molecule has 5 aromatic carbocycles. The molecule has 51 heavy (non-hydrogen) atoms. The standard InChI is InChI=1S/C45H28N6/c1-3-13-29(14-4-1)49-38-26-24-32-31-23-25-37-41(44(31)50(30-15-5-2-6-16-30)45(32)42(38)43-39(49)21-12-28-47-43)33-17-7-8-20-36(33)51(37)40-22-11-19-35(48-40)34-18-9-10-27-46-34/h1-28H. The Bertz CT molecular complexity index is 3120. The van der Waals surface area contributed by atoms with Crippen molar-refractivity contribution in [2.45, 2.75) is 0 Å². The third kappa shape index (κ3) is 3.95. The van der Waals surface area contributed by atoms with Crippen LogP contribution in [-0.2, 0) is 0 Å². The van der Waals surface area contributed by atoms with Crippen LogP contribution in [-0.4, -0.2) is 28.7 Å². The van der Waals surface area contributed by atoms with E-state index in [1.54, 1.807) is 0 Å². The molecule has 0 aliphatic heterocycles. The zero-order chi connectivity index (χ0) is 33.5. The van der Waals surface area contributed by atoms with Gasteiger partial charge in [-0.3, -0.25) is 14.5 Å². The second-order valence-electron chi connectivity index (χ2n) is 12.9. The number of pyridine rings is 3. The highest BCUT2D eigenvalue weighted by Crippen LogP contribution is 2.45. The number of hydrogen-bond donors (Lipinski definition) is 0. The second kappa shape index (κ2) is 10.7. The minimum atomic E-state index is 0.836. The molecular formula is C45H28N6. The number of rotatable bonds is 4. The second-order valence-corrected chi connectivity index (χ2v) is 12.9. The van der Waals surface area contributed by atoms with Crippen molar-refractivity contribution in [2.75, 3.05) is 0 Å². The van der Waals surface area contributed by atoms with Crippen LogP contribution in [0, 0.1) is 0 Å². The summed E-state index contributed by atoms with van der Waals surface area (Å²) in [5.74, 6) is 0.851. The fourth-order valence-electron chi connectivity index (χ4n) is 8.10. The van der Waals surface area contributed by atoms with Gasteiger partial charge >= 0.3 is 0 Å². The highest BCUT2D eigenvalue weighted by Gasteiger charge is 2.25. The number of para-hydroxylation sites is 3. The van der Waals surface area contributed by atoms with Crippen LogP contribution in [0.4, 0.5) is 0 Å². The van der Waals surface area contributed by atoms with Crippen LogP contribution >= 0.6 is 0 Å². The van der Waals surface area contributed by atoms with Gasteiger partial charge in [0.15, 0.2) is 0 Å². The largest absolute Gasteiger partial charge is 0.308 e. The van der Waals surface area contributed by atoms with Crippen LogP contribution in [0.1, 0.15) is 0 Å². The van der Waals surface area contributed by atoms with Gasteiger partial charge in [0.2, 0.25) is 0 Å². The van der Waals surface area contributed by atoms with Crippen LogP contribution in [0.3, 0.4) is 0 Å². The minimum Gasteiger partial charge on any atom is -0.308 e. The van der Waals surface area contributed by atoms with Crippen molar-refractivity contribution >= 4 is 65.5 Å². The molecule has 0 amide bonds. The monoisotopic (exact) mass is 652 g/mol. The predicted octanol–water partition coefficient (Wildman–Crippen LogP) is 10.8. The van der Waals surface area contributed by atoms with Crippen molar-refractivity contribution in [3.8, 4) is 28.6 Å². The lowest BCUT2D eigenvalue weighted by atomic mass is 10.1. The highest BCUT2D eigenvalue weighted by atomic mass is 15.1. The molecule has 0 spiro atoms. The first kappa shape index (κ1) is 27.9. The number of benzene rings is 5. The smallest absolute Gasteiger partial charge is 0.138 e. The lowest BCUT2D eigenvalue weighted by Gasteiger charge is -2.11. The lowest BCUT2D eigenvalue weighted by molar-refractivity contribution is 1.08. The molecule has 6 heteroatoms. The molecule has 11 rings (SSSR count). The quantitative estimate of drug-likeness (QED) is 0.190. The Morgan fingerprint density at radius 1 is 0.353 bits per heavy atom. The maximum absolute atomic E-state index is 5.18. The van der Waals surface area contributed by atoms with E-state index in [0.717, 1.165) is 72.6 Å². The number of nitrogens with zero attached hydrogens (tertiary/aromatic N) is 6. The summed E-state index contributed by atoms with van der Waals surface area (Å²) in [7, 11) is 0. The maximum Gasteiger partial charge on any atom is 0.138 e. The summed E-state index contributed by atoms with van der Waals surface area (Å²) in [4.78, 5) is 14.8. The van der Waals surface area contributed by atoms with Gasteiger partial charge in [0.1, 0.15) is 5.82 Å². The molecule has 0 fully saturated rings. The maximum atomic E-state index is 5.18. The number of aromatic nitrogens is 6. The Morgan fingerprint density at radius 2 is 0.980 bits per heavy atom. The summed E-state index contributed by atoms with van der Waals surface area (Å²) in [6.45, 7) is 0. The molecule has 238 valence electrons. The van der Waals surface area contributed by atoms with Crippen molar-refractivity contribution in [3.63, 3.8) is 0 Å². The van der Waals surface area contributed by atoms with E-state index in [1.165, 1.54) is 21.5 Å². The molecule has 11 aromatic rings. The molecule has 0 aliphatic rings. The summed E-state index contributed by atoms with van der Waals surface area (Å²) in [5.41, 5.74) is 11.6. The van der Waals surface area contributed by atoms with Crippen LogP contribution in [0.25, 0.3) is 94.1 Å². The molecule has 6 heterocycles. The van der Waals surface area contributed by atoms with E-state index < -0.39 is 0 Å².